The lowest BCUT2D eigenvalue weighted by atomic mass is 9.94. The molecule has 0 aliphatic carbocycles. The topological polar surface area (TPSA) is 117 Å². The molecule has 0 saturated carbocycles. The van der Waals surface area contributed by atoms with Crippen LogP contribution in [-0.4, -0.2) is 51.5 Å². The number of pyridine rings is 1. The second kappa shape index (κ2) is 7.99. The third-order valence-corrected chi connectivity index (χ3v) is 4.59. The largest absolute Gasteiger partial charge is 0.397 e. The predicted octanol–water partition coefficient (Wildman–Crippen LogP) is 1.37. The summed E-state index contributed by atoms with van der Waals surface area (Å²) >= 11 is 0. The third-order valence-electron chi connectivity index (χ3n) is 4.59. The maximum atomic E-state index is 12.5. The summed E-state index contributed by atoms with van der Waals surface area (Å²) in [6.45, 7) is 3.88. The number of nitrogens with two attached hydrogens (primary N) is 1. The maximum Gasteiger partial charge on any atom is 0.274 e. The van der Waals surface area contributed by atoms with Crippen LogP contribution in [0.5, 0.6) is 0 Å². The minimum absolute atomic E-state index is 0.0334. The van der Waals surface area contributed by atoms with Crippen molar-refractivity contribution in [2.75, 3.05) is 25.4 Å². The standard InChI is InChI=1S/C18H24N6O2/c1-12-7-16(23-22-12)18(26)24-6-2-3-13(11-24)4-5-21-17(25)14-8-15(19)10-20-9-14/h7-10,13H,2-6,11,19H2,1H3,(H,21,25)(H,22,23). The lowest BCUT2D eigenvalue weighted by molar-refractivity contribution is 0.0659. The fraction of sp³-hybridized carbons (Fsp3) is 0.444. The molecule has 0 spiro atoms. The van der Waals surface area contributed by atoms with Crippen LogP contribution in [0.15, 0.2) is 24.5 Å². The Hall–Kier alpha value is -2.90. The number of carbonyl (C=O) groups is 2. The molecule has 1 fully saturated rings. The van der Waals surface area contributed by atoms with Gasteiger partial charge in [-0.3, -0.25) is 19.7 Å². The van der Waals surface area contributed by atoms with Gasteiger partial charge in [0, 0.05) is 37.7 Å². The quantitative estimate of drug-likeness (QED) is 0.748. The number of rotatable bonds is 5. The normalized spacial score (nSPS) is 17.1. The third kappa shape index (κ3) is 4.38. The first-order valence-electron chi connectivity index (χ1n) is 8.83. The fourth-order valence-electron chi connectivity index (χ4n) is 3.25. The number of H-pyrrole nitrogens is 1. The first kappa shape index (κ1) is 17.9. The lowest BCUT2D eigenvalue weighted by Crippen LogP contribution is -2.41. The Morgan fingerprint density at radius 3 is 2.96 bits per heavy atom. The molecule has 4 N–H and O–H groups in total. The van der Waals surface area contributed by atoms with Gasteiger partial charge < -0.3 is 16.0 Å². The molecule has 1 atom stereocenters. The van der Waals surface area contributed by atoms with Crippen LogP contribution in [0, 0.1) is 12.8 Å². The molecule has 0 aromatic carbocycles. The van der Waals surface area contributed by atoms with Gasteiger partial charge in [-0.25, -0.2) is 0 Å². The van der Waals surface area contributed by atoms with Crippen molar-refractivity contribution in [3.8, 4) is 0 Å². The Morgan fingerprint density at radius 1 is 1.38 bits per heavy atom. The van der Waals surface area contributed by atoms with Crippen molar-refractivity contribution in [2.45, 2.75) is 26.2 Å². The van der Waals surface area contributed by atoms with Gasteiger partial charge in [-0.05, 0) is 44.2 Å². The summed E-state index contributed by atoms with van der Waals surface area (Å²) in [5, 5.41) is 9.76. The van der Waals surface area contributed by atoms with Crippen molar-refractivity contribution in [1.29, 1.82) is 0 Å². The smallest absolute Gasteiger partial charge is 0.274 e. The van der Waals surface area contributed by atoms with Crippen LogP contribution in [0.1, 0.15) is 45.8 Å². The second-order valence-electron chi connectivity index (χ2n) is 6.75. The number of piperidine rings is 1. The molecule has 26 heavy (non-hydrogen) atoms. The number of nitrogens with one attached hydrogen (secondary N) is 2. The zero-order valence-electron chi connectivity index (χ0n) is 14.9. The molecule has 2 aromatic rings. The van der Waals surface area contributed by atoms with E-state index in [0.29, 0.717) is 36.0 Å². The number of carbonyl (C=O) groups excluding carboxylic acids is 2. The predicted molar refractivity (Wildman–Crippen MR) is 97.6 cm³/mol. The Labute approximate surface area is 152 Å². The van der Waals surface area contributed by atoms with E-state index < -0.39 is 0 Å². The SMILES string of the molecule is Cc1cc(C(=O)N2CCCC(CCNC(=O)c3cncc(N)c3)C2)n[nH]1. The van der Waals surface area contributed by atoms with E-state index >= 15 is 0 Å². The van der Waals surface area contributed by atoms with Gasteiger partial charge in [-0.1, -0.05) is 0 Å². The Morgan fingerprint density at radius 2 is 2.23 bits per heavy atom. The highest BCUT2D eigenvalue weighted by atomic mass is 16.2. The van der Waals surface area contributed by atoms with Crippen LogP contribution >= 0.6 is 0 Å². The van der Waals surface area contributed by atoms with E-state index in [1.165, 1.54) is 12.4 Å². The summed E-state index contributed by atoms with van der Waals surface area (Å²) in [5.74, 6) is 0.154. The molecule has 3 rings (SSSR count). The number of aromatic nitrogens is 3. The molecule has 8 heteroatoms. The molecule has 0 bridgehead atoms. The second-order valence-corrected chi connectivity index (χ2v) is 6.75. The highest BCUT2D eigenvalue weighted by Gasteiger charge is 2.25. The Kier molecular flexibility index (Phi) is 5.50. The minimum Gasteiger partial charge on any atom is -0.397 e. The van der Waals surface area contributed by atoms with E-state index in [-0.39, 0.29) is 11.8 Å². The number of anilines is 1. The van der Waals surface area contributed by atoms with Gasteiger partial charge >= 0.3 is 0 Å². The number of nitrogens with zero attached hydrogens (tertiary/aromatic N) is 3. The van der Waals surface area contributed by atoms with Gasteiger partial charge in [0.1, 0.15) is 5.69 Å². The highest BCUT2D eigenvalue weighted by Crippen LogP contribution is 2.20. The molecule has 1 aliphatic heterocycles. The van der Waals surface area contributed by atoms with Crippen LogP contribution in [0.2, 0.25) is 0 Å². The van der Waals surface area contributed by atoms with E-state index in [9.17, 15) is 9.59 Å². The van der Waals surface area contributed by atoms with Gasteiger partial charge in [0.2, 0.25) is 0 Å². The molecule has 138 valence electrons. The molecular weight excluding hydrogens is 332 g/mol. The summed E-state index contributed by atoms with van der Waals surface area (Å²) in [6, 6.07) is 3.38. The summed E-state index contributed by atoms with van der Waals surface area (Å²) in [7, 11) is 0. The van der Waals surface area contributed by atoms with Crippen LogP contribution in [0.3, 0.4) is 0 Å². The number of nitrogen functional groups attached to an aromatic ring is 1. The van der Waals surface area contributed by atoms with Gasteiger partial charge in [0.15, 0.2) is 0 Å². The highest BCUT2D eigenvalue weighted by molar-refractivity contribution is 5.94. The van der Waals surface area contributed by atoms with Crippen LogP contribution in [0.25, 0.3) is 0 Å². The molecular formula is C18H24N6O2. The zero-order valence-corrected chi connectivity index (χ0v) is 14.9. The Balaban J connectivity index is 1.48. The van der Waals surface area contributed by atoms with Gasteiger partial charge in [0.05, 0.1) is 11.3 Å². The zero-order chi connectivity index (χ0) is 18.5. The summed E-state index contributed by atoms with van der Waals surface area (Å²) in [6.07, 6.45) is 5.85. The number of hydrogen-bond donors (Lipinski definition) is 3. The fourth-order valence-corrected chi connectivity index (χ4v) is 3.25. The van der Waals surface area contributed by atoms with E-state index in [4.69, 9.17) is 5.73 Å². The van der Waals surface area contributed by atoms with Crippen LogP contribution in [-0.2, 0) is 0 Å². The monoisotopic (exact) mass is 356 g/mol. The van der Waals surface area contributed by atoms with Crippen molar-refractivity contribution in [1.82, 2.24) is 25.4 Å². The first-order valence-corrected chi connectivity index (χ1v) is 8.83. The average molecular weight is 356 g/mol. The number of aryl methyl sites for hydroxylation is 1. The molecule has 8 nitrogen and oxygen atoms in total. The molecule has 2 aromatic heterocycles. The van der Waals surface area contributed by atoms with Gasteiger partial charge in [0.25, 0.3) is 11.8 Å². The van der Waals surface area contributed by atoms with Crippen molar-refractivity contribution >= 4 is 17.5 Å². The first-order chi connectivity index (χ1) is 12.5. The van der Waals surface area contributed by atoms with E-state index in [1.54, 1.807) is 12.1 Å². The van der Waals surface area contributed by atoms with Crippen molar-refractivity contribution in [3.63, 3.8) is 0 Å². The molecule has 0 radical (unpaired) electrons. The maximum absolute atomic E-state index is 12.5. The van der Waals surface area contributed by atoms with Gasteiger partial charge in [-0.15, -0.1) is 0 Å². The lowest BCUT2D eigenvalue weighted by Gasteiger charge is -2.32. The minimum atomic E-state index is -0.180. The average Bonchev–Trinajstić information content (AvgIpc) is 3.07. The number of hydrogen-bond acceptors (Lipinski definition) is 5. The molecule has 1 unspecified atom stereocenters. The molecule has 1 aliphatic rings. The van der Waals surface area contributed by atoms with Crippen LogP contribution in [0.4, 0.5) is 5.69 Å². The van der Waals surface area contributed by atoms with Gasteiger partial charge in [-0.2, -0.15) is 5.10 Å². The van der Waals surface area contributed by atoms with E-state index in [1.807, 2.05) is 11.8 Å². The molecule has 1 saturated heterocycles. The van der Waals surface area contributed by atoms with Crippen LogP contribution < -0.4 is 11.1 Å². The van der Waals surface area contributed by atoms with E-state index in [0.717, 1.165) is 31.5 Å². The van der Waals surface area contributed by atoms with Crippen molar-refractivity contribution in [3.05, 3.63) is 41.5 Å². The number of likely N-dealkylation sites (tertiary alicyclic amines) is 1. The van der Waals surface area contributed by atoms with E-state index in [2.05, 4.69) is 20.5 Å². The summed E-state index contributed by atoms with van der Waals surface area (Å²) in [4.78, 5) is 30.4. The van der Waals surface area contributed by atoms with Crippen molar-refractivity contribution in [2.24, 2.45) is 5.92 Å². The molecule has 2 amide bonds. The summed E-state index contributed by atoms with van der Waals surface area (Å²) < 4.78 is 0. The summed E-state index contributed by atoms with van der Waals surface area (Å²) in [5.41, 5.74) is 7.91. The number of aromatic amines is 1. The number of amides is 2. The molecule has 3 heterocycles. The van der Waals surface area contributed by atoms with Crippen molar-refractivity contribution < 1.29 is 9.59 Å². The Bertz CT molecular complexity index is 787.